The second kappa shape index (κ2) is 7.35. The van der Waals surface area contributed by atoms with Gasteiger partial charge in [0.2, 0.25) is 0 Å². The first kappa shape index (κ1) is 16.4. The van der Waals surface area contributed by atoms with Crippen molar-refractivity contribution in [1.82, 2.24) is 9.97 Å². The molecule has 0 fully saturated rings. The fraction of sp³-hybridized carbons (Fsp3) is 0.375. The van der Waals surface area contributed by atoms with Crippen LogP contribution in [0.25, 0.3) is 0 Å². The van der Waals surface area contributed by atoms with Crippen LogP contribution in [0, 0.1) is 0 Å². The van der Waals surface area contributed by atoms with E-state index in [4.69, 9.17) is 9.47 Å². The largest absolute Gasteiger partial charge is 0.497 e. The number of aromatic amines is 1. The summed E-state index contributed by atoms with van der Waals surface area (Å²) in [6, 6.07) is 5.57. The number of ether oxygens (including phenoxy) is 2. The van der Waals surface area contributed by atoms with Crippen LogP contribution < -0.4 is 15.0 Å². The summed E-state index contributed by atoms with van der Waals surface area (Å²) >= 11 is 1.43. The molecule has 0 aliphatic heterocycles. The highest BCUT2D eigenvalue weighted by Crippen LogP contribution is 2.26. The number of aromatic nitrogens is 2. The van der Waals surface area contributed by atoms with E-state index in [-0.39, 0.29) is 5.56 Å². The van der Waals surface area contributed by atoms with E-state index in [0.29, 0.717) is 23.6 Å². The van der Waals surface area contributed by atoms with E-state index in [2.05, 4.69) is 9.97 Å². The molecule has 0 amide bonds. The predicted octanol–water partition coefficient (Wildman–Crippen LogP) is 2.66. The molecular formula is C16H20N2O3S. The average molecular weight is 320 g/mol. The van der Waals surface area contributed by atoms with Gasteiger partial charge in [-0.25, -0.2) is 4.98 Å². The second-order valence-corrected chi connectivity index (χ2v) is 5.50. The molecule has 6 heteroatoms. The lowest BCUT2D eigenvalue weighted by atomic mass is 10.0. The number of thioether (sulfide) groups is 1. The second-order valence-electron chi connectivity index (χ2n) is 4.71. The number of methoxy groups -OCH3 is 2. The first-order valence-corrected chi connectivity index (χ1v) is 8.22. The standard InChI is InChI=1S/C16H20N2O3S/c1-5-13-12(15(19)18-16(17-13)22-4)9-10-8-11(20-2)6-7-14(10)21-3/h6-8H,5,9H2,1-4H3,(H,17,18,19). The minimum atomic E-state index is -0.0962. The highest BCUT2D eigenvalue weighted by molar-refractivity contribution is 7.98. The average Bonchev–Trinajstić information content (AvgIpc) is 2.56. The third-order valence-corrected chi connectivity index (χ3v) is 4.04. The zero-order chi connectivity index (χ0) is 16.1. The van der Waals surface area contributed by atoms with Crippen LogP contribution in [0.15, 0.2) is 28.2 Å². The lowest BCUT2D eigenvalue weighted by molar-refractivity contribution is 0.399. The summed E-state index contributed by atoms with van der Waals surface area (Å²) in [5, 5.41) is 0.642. The van der Waals surface area contributed by atoms with E-state index in [0.717, 1.165) is 22.8 Å². The minimum Gasteiger partial charge on any atom is -0.497 e. The van der Waals surface area contributed by atoms with Crippen molar-refractivity contribution in [2.45, 2.75) is 24.9 Å². The highest BCUT2D eigenvalue weighted by atomic mass is 32.2. The molecule has 1 N–H and O–H groups in total. The number of aryl methyl sites for hydroxylation is 1. The molecule has 118 valence electrons. The zero-order valence-corrected chi connectivity index (χ0v) is 14.0. The summed E-state index contributed by atoms with van der Waals surface area (Å²) in [5.41, 5.74) is 2.30. The Morgan fingerprint density at radius 1 is 1.27 bits per heavy atom. The highest BCUT2D eigenvalue weighted by Gasteiger charge is 2.14. The number of hydrogen-bond donors (Lipinski definition) is 1. The van der Waals surface area contributed by atoms with Crippen LogP contribution in [0.4, 0.5) is 0 Å². The van der Waals surface area contributed by atoms with Crippen molar-refractivity contribution < 1.29 is 9.47 Å². The molecule has 5 nitrogen and oxygen atoms in total. The first-order valence-electron chi connectivity index (χ1n) is 6.99. The van der Waals surface area contributed by atoms with Crippen molar-refractivity contribution in [2.75, 3.05) is 20.5 Å². The molecule has 0 radical (unpaired) electrons. The topological polar surface area (TPSA) is 64.2 Å². The number of rotatable bonds is 6. The van der Waals surface area contributed by atoms with Gasteiger partial charge in [-0.2, -0.15) is 0 Å². The van der Waals surface area contributed by atoms with Crippen LogP contribution >= 0.6 is 11.8 Å². The van der Waals surface area contributed by atoms with E-state index in [1.165, 1.54) is 11.8 Å². The maximum Gasteiger partial charge on any atom is 0.255 e. The fourth-order valence-corrected chi connectivity index (χ4v) is 2.70. The SMILES string of the molecule is CCc1nc(SC)[nH]c(=O)c1Cc1cc(OC)ccc1OC. The van der Waals surface area contributed by atoms with E-state index in [1.54, 1.807) is 14.2 Å². The molecular weight excluding hydrogens is 300 g/mol. The zero-order valence-electron chi connectivity index (χ0n) is 13.2. The van der Waals surface area contributed by atoms with Crippen molar-refractivity contribution in [2.24, 2.45) is 0 Å². The van der Waals surface area contributed by atoms with Crippen LogP contribution in [0.2, 0.25) is 0 Å². The summed E-state index contributed by atoms with van der Waals surface area (Å²) in [7, 11) is 3.23. The Morgan fingerprint density at radius 2 is 2.05 bits per heavy atom. The van der Waals surface area contributed by atoms with Crippen molar-refractivity contribution in [3.8, 4) is 11.5 Å². The van der Waals surface area contributed by atoms with Crippen LogP contribution in [-0.4, -0.2) is 30.4 Å². The Bertz CT molecular complexity index is 713. The molecule has 0 spiro atoms. The predicted molar refractivity (Wildman–Crippen MR) is 88.4 cm³/mol. The molecule has 1 aromatic carbocycles. The molecule has 22 heavy (non-hydrogen) atoms. The molecule has 0 unspecified atom stereocenters. The molecule has 0 atom stereocenters. The summed E-state index contributed by atoms with van der Waals surface area (Å²) < 4.78 is 10.6. The molecule has 2 aromatic rings. The summed E-state index contributed by atoms with van der Waals surface area (Å²) in [6.07, 6.45) is 3.06. The normalized spacial score (nSPS) is 10.5. The Morgan fingerprint density at radius 3 is 2.64 bits per heavy atom. The maximum absolute atomic E-state index is 12.4. The molecule has 0 bridgehead atoms. The minimum absolute atomic E-state index is 0.0962. The first-order chi connectivity index (χ1) is 10.6. The van der Waals surface area contributed by atoms with Gasteiger partial charge < -0.3 is 14.5 Å². The molecule has 0 saturated heterocycles. The maximum atomic E-state index is 12.4. The molecule has 1 heterocycles. The van der Waals surface area contributed by atoms with Gasteiger partial charge >= 0.3 is 0 Å². The van der Waals surface area contributed by atoms with E-state index in [9.17, 15) is 4.79 Å². The number of benzene rings is 1. The van der Waals surface area contributed by atoms with Crippen molar-refractivity contribution in [1.29, 1.82) is 0 Å². The fourth-order valence-electron chi connectivity index (χ4n) is 2.30. The molecule has 2 rings (SSSR count). The molecule has 0 aliphatic carbocycles. The van der Waals surface area contributed by atoms with Crippen LogP contribution in [-0.2, 0) is 12.8 Å². The van der Waals surface area contributed by atoms with Crippen LogP contribution in [0.1, 0.15) is 23.7 Å². The van der Waals surface area contributed by atoms with Crippen molar-refractivity contribution in [3.05, 3.63) is 45.4 Å². The van der Waals surface area contributed by atoms with Gasteiger partial charge in [0.05, 0.1) is 19.9 Å². The third-order valence-electron chi connectivity index (χ3n) is 3.46. The smallest absolute Gasteiger partial charge is 0.255 e. The number of hydrogen-bond acceptors (Lipinski definition) is 5. The third kappa shape index (κ3) is 3.44. The Hall–Kier alpha value is -1.95. The molecule has 1 aromatic heterocycles. The Balaban J connectivity index is 2.48. The van der Waals surface area contributed by atoms with E-state index >= 15 is 0 Å². The van der Waals surface area contributed by atoms with Crippen LogP contribution in [0.3, 0.4) is 0 Å². The number of nitrogens with zero attached hydrogens (tertiary/aromatic N) is 1. The van der Waals surface area contributed by atoms with Crippen LogP contribution in [0.5, 0.6) is 11.5 Å². The monoisotopic (exact) mass is 320 g/mol. The van der Waals surface area contributed by atoms with Gasteiger partial charge in [0, 0.05) is 17.5 Å². The summed E-state index contributed by atoms with van der Waals surface area (Å²) in [5.74, 6) is 1.47. The number of H-pyrrole nitrogens is 1. The van der Waals surface area contributed by atoms with Gasteiger partial charge in [-0.1, -0.05) is 18.7 Å². The lowest BCUT2D eigenvalue weighted by Gasteiger charge is -2.12. The number of nitrogens with one attached hydrogen (secondary N) is 1. The summed E-state index contributed by atoms with van der Waals surface area (Å²) in [6.45, 7) is 2.00. The van der Waals surface area contributed by atoms with Crippen molar-refractivity contribution >= 4 is 11.8 Å². The van der Waals surface area contributed by atoms with E-state index in [1.807, 2.05) is 31.4 Å². The molecule has 0 saturated carbocycles. The van der Waals surface area contributed by atoms with E-state index < -0.39 is 0 Å². The lowest BCUT2D eigenvalue weighted by Crippen LogP contribution is -2.19. The van der Waals surface area contributed by atoms with Gasteiger partial charge in [0.15, 0.2) is 5.16 Å². The van der Waals surface area contributed by atoms with Crippen molar-refractivity contribution in [3.63, 3.8) is 0 Å². The Kier molecular flexibility index (Phi) is 5.49. The quantitative estimate of drug-likeness (QED) is 0.655. The van der Waals surface area contributed by atoms with Gasteiger partial charge in [-0.15, -0.1) is 0 Å². The van der Waals surface area contributed by atoms with Gasteiger partial charge in [-0.05, 0) is 30.9 Å². The van der Waals surface area contributed by atoms with Gasteiger partial charge in [0.25, 0.3) is 5.56 Å². The molecule has 0 aliphatic rings. The van der Waals surface area contributed by atoms with Gasteiger partial charge in [-0.3, -0.25) is 4.79 Å². The Labute approximate surface area is 134 Å². The van der Waals surface area contributed by atoms with Gasteiger partial charge in [0.1, 0.15) is 11.5 Å². The summed E-state index contributed by atoms with van der Waals surface area (Å²) in [4.78, 5) is 19.7.